The number of hydrogen-bond donors (Lipinski definition) is 3. The molecule has 19 heavy (non-hydrogen) atoms. The van der Waals surface area contributed by atoms with Crippen molar-refractivity contribution < 1.29 is 20.1 Å². The molecule has 0 aromatic heterocycles. The van der Waals surface area contributed by atoms with Crippen LogP contribution in [0.2, 0.25) is 0 Å². The maximum absolute atomic E-state index is 12.4. The Balaban J connectivity index is 2.16. The van der Waals surface area contributed by atoms with Crippen LogP contribution in [0.25, 0.3) is 0 Å². The van der Waals surface area contributed by atoms with Gasteiger partial charge < -0.3 is 15.3 Å². The van der Waals surface area contributed by atoms with E-state index in [0.29, 0.717) is 12.0 Å². The summed E-state index contributed by atoms with van der Waals surface area (Å²) in [7, 11) is 0. The molecule has 0 spiro atoms. The van der Waals surface area contributed by atoms with Crippen molar-refractivity contribution >= 4 is 5.78 Å². The molecule has 0 saturated carbocycles. The second-order valence-electron chi connectivity index (χ2n) is 5.19. The lowest BCUT2D eigenvalue weighted by molar-refractivity contribution is 0.0855. The van der Waals surface area contributed by atoms with Crippen LogP contribution in [0.4, 0.5) is 0 Å². The average Bonchev–Trinajstić information content (AvgIpc) is 2.25. The summed E-state index contributed by atoms with van der Waals surface area (Å²) in [5.41, 5.74) is 1.94. The van der Waals surface area contributed by atoms with Gasteiger partial charge in [-0.15, -0.1) is 0 Å². The van der Waals surface area contributed by atoms with Crippen LogP contribution in [0, 0.1) is 18.8 Å². The Morgan fingerprint density at radius 2 is 1.95 bits per heavy atom. The van der Waals surface area contributed by atoms with E-state index < -0.39 is 5.92 Å². The van der Waals surface area contributed by atoms with E-state index in [-0.39, 0.29) is 29.0 Å². The maximum atomic E-state index is 12.4. The van der Waals surface area contributed by atoms with Gasteiger partial charge in [0.05, 0.1) is 11.5 Å². The van der Waals surface area contributed by atoms with Gasteiger partial charge in [-0.3, -0.25) is 4.79 Å². The fraction of sp³-hybridized carbons (Fsp3) is 0.267. The number of hydrogen-bond acceptors (Lipinski definition) is 4. The standard InChI is InChI=1S/C15H14O4/c1-7-2-8-4-9-5-10(16)6-12(18)14(9)15(19)13(8)11(17)3-7/h2-3,5-6,9,14,16-18H,4H2,1H3/t9-,14+/m0/s1. The van der Waals surface area contributed by atoms with E-state index in [4.69, 9.17) is 0 Å². The molecule has 0 bridgehead atoms. The number of ketones is 1. The van der Waals surface area contributed by atoms with Crippen molar-refractivity contribution in [1.82, 2.24) is 0 Å². The fourth-order valence-corrected chi connectivity index (χ4v) is 3.03. The molecule has 0 unspecified atom stereocenters. The number of rotatable bonds is 0. The summed E-state index contributed by atoms with van der Waals surface area (Å²) in [6, 6.07) is 3.41. The number of Topliss-reactive ketones (excluding diaryl/α,β-unsaturated/α-hetero) is 1. The number of aliphatic hydroxyl groups excluding tert-OH is 2. The van der Waals surface area contributed by atoms with Crippen LogP contribution in [0.5, 0.6) is 5.75 Å². The van der Waals surface area contributed by atoms with Crippen LogP contribution in [-0.2, 0) is 6.42 Å². The Kier molecular flexibility index (Phi) is 2.42. The average molecular weight is 258 g/mol. The molecule has 3 rings (SSSR count). The number of phenolic OH excluding ortho intramolecular Hbond substituents is 1. The number of aliphatic hydroxyl groups is 2. The van der Waals surface area contributed by atoms with E-state index in [2.05, 4.69) is 0 Å². The number of carbonyl (C=O) groups excluding carboxylic acids is 1. The minimum absolute atomic E-state index is 0.0214. The van der Waals surface area contributed by atoms with Crippen molar-refractivity contribution in [3.8, 4) is 5.75 Å². The quantitative estimate of drug-likeness (QED) is 0.668. The molecule has 2 atom stereocenters. The van der Waals surface area contributed by atoms with E-state index >= 15 is 0 Å². The Morgan fingerprint density at radius 3 is 2.68 bits per heavy atom. The highest BCUT2D eigenvalue weighted by atomic mass is 16.3. The summed E-state index contributed by atoms with van der Waals surface area (Å²) in [5.74, 6) is -1.44. The lowest BCUT2D eigenvalue weighted by Crippen LogP contribution is -2.34. The van der Waals surface area contributed by atoms with Gasteiger partial charge in [0.2, 0.25) is 0 Å². The van der Waals surface area contributed by atoms with Crippen LogP contribution >= 0.6 is 0 Å². The molecular weight excluding hydrogens is 244 g/mol. The topological polar surface area (TPSA) is 77.8 Å². The first-order valence-electron chi connectivity index (χ1n) is 6.15. The third-order valence-electron chi connectivity index (χ3n) is 3.76. The summed E-state index contributed by atoms with van der Waals surface area (Å²) in [4.78, 5) is 12.4. The number of phenols is 1. The third kappa shape index (κ3) is 1.71. The third-order valence-corrected chi connectivity index (χ3v) is 3.76. The summed E-state index contributed by atoms with van der Waals surface area (Å²) in [6.45, 7) is 1.85. The van der Waals surface area contributed by atoms with Crippen LogP contribution in [-0.4, -0.2) is 21.1 Å². The molecule has 4 heteroatoms. The Bertz CT molecular complexity index is 640. The van der Waals surface area contributed by atoms with E-state index in [1.807, 2.05) is 13.0 Å². The molecule has 3 N–H and O–H groups in total. The zero-order valence-electron chi connectivity index (χ0n) is 10.4. The molecule has 1 aromatic rings. The highest BCUT2D eigenvalue weighted by Gasteiger charge is 2.40. The molecule has 0 fully saturated rings. The van der Waals surface area contributed by atoms with Crippen molar-refractivity contribution in [2.75, 3.05) is 0 Å². The minimum atomic E-state index is -0.697. The monoisotopic (exact) mass is 258 g/mol. The molecule has 0 radical (unpaired) electrons. The summed E-state index contributed by atoms with van der Waals surface area (Å²) >= 11 is 0. The highest BCUT2D eigenvalue weighted by Crippen LogP contribution is 2.41. The summed E-state index contributed by atoms with van der Waals surface area (Å²) in [5, 5.41) is 29.3. The van der Waals surface area contributed by atoms with Crippen molar-refractivity contribution in [3.05, 3.63) is 52.5 Å². The van der Waals surface area contributed by atoms with Crippen LogP contribution < -0.4 is 0 Å². The number of allylic oxidation sites excluding steroid dienone is 3. The van der Waals surface area contributed by atoms with Gasteiger partial charge in [-0.05, 0) is 36.6 Å². The first-order valence-corrected chi connectivity index (χ1v) is 6.15. The predicted octanol–water partition coefficient (Wildman–Crippen LogP) is 2.57. The van der Waals surface area contributed by atoms with Crippen molar-refractivity contribution in [3.63, 3.8) is 0 Å². The van der Waals surface area contributed by atoms with Crippen LogP contribution in [0.15, 0.2) is 35.8 Å². The van der Waals surface area contributed by atoms with Gasteiger partial charge >= 0.3 is 0 Å². The molecule has 98 valence electrons. The van der Waals surface area contributed by atoms with Crippen LogP contribution in [0.1, 0.15) is 21.5 Å². The van der Waals surface area contributed by atoms with E-state index in [1.165, 1.54) is 6.08 Å². The lowest BCUT2D eigenvalue weighted by atomic mass is 9.71. The van der Waals surface area contributed by atoms with Gasteiger partial charge in [0.25, 0.3) is 0 Å². The number of carbonyl (C=O) groups is 1. The zero-order valence-corrected chi connectivity index (χ0v) is 10.4. The molecule has 4 nitrogen and oxygen atoms in total. The van der Waals surface area contributed by atoms with E-state index in [1.54, 1.807) is 12.1 Å². The molecular formula is C15H14O4. The van der Waals surface area contributed by atoms with E-state index in [9.17, 15) is 20.1 Å². The molecule has 2 aliphatic carbocycles. The van der Waals surface area contributed by atoms with Gasteiger partial charge in [0, 0.05) is 12.0 Å². The van der Waals surface area contributed by atoms with Gasteiger partial charge in [-0.25, -0.2) is 0 Å². The molecule has 2 aliphatic rings. The molecule has 0 aliphatic heterocycles. The number of aryl methyl sites for hydroxylation is 1. The molecule has 1 aromatic carbocycles. The number of benzene rings is 1. The van der Waals surface area contributed by atoms with Crippen molar-refractivity contribution in [2.24, 2.45) is 11.8 Å². The Hall–Kier alpha value is -2.23. The minimum Gasteiger partial charge on any atom is -0.511 e. The van der Waals surface area contributed by atoms with Gasteiger partial charge in [0.1, 0.15) is 17.3 Å². The second-order valence-corrected chi connectivity index (χ2v) is 5.19. The summed E-state index contributed by atoms with van der Waals surface area (Å²) in [6.07, 6.45) is 3.29. The highest BCUT2D eigenvalue weighted by molar-refractivity contribution is 6.04. The normalized spacial score (nSPS) is 25.2. The van der Waals surface area contributed by atoms with Gasteiger partial charge in [0.15, 0.2) is 5.78 Å². The van der Waals surface area contributed by atoms with Gasteiger partial charge in [-0.1, -0.05) is 6.07 Å². The lowest BCUT2D eigenvalue weighted by Gasteiger charge is -2.32. The first-order chi connectivity index (χ1) is 8.97. The molecule has 0 heterocycles. The van der Waals surface area contributed by atoms with Crippen molar-refractivity contribution in [1.29, 1.82) is 0 Å². The Labute approximate surface area is 110 Å². The molecule has 0 amide bonds. The summed E-state index contributed by atoms with van der Waals surface area (Å²) < 4.78 is 0. The predicted molar refractivity (Wildman–Crippen MR) is 69.3 cm³/mol. The van der Waals surface area contributed by atoms with Gasteiger partial charge in [-0.2, -0.15) is 0 Å². The first kappa shape index (κ1) is 11.8. The Morgan fingerprint density at radius 1 is 1.21 bits per heavy atom. The fourth-order valence-electron chi connectivity index (χ4n) is 3.03. The number of fused-ring (bicyclic) bond motifs is 2. The van der Waals surface area contributed by atoms with Crippen molar-refractivity contribution in [2.45, 2.75) is 13.3 Å². The largest absolute Gasteiger partial charge is 0.511 e. The van der Waals surface area contributed by atoms with E-state index in [0.717, 1.165) is 11.1 Å². The smallest absolute Gasteiger partial charge is 0.178 e. The SMILES string of the molecule is Cc1cc(O)c2c(c1)C[C@H]1C=C(O)C=C(O)[C@@H]1C2=O. The molecule has 0 saturated heterocycles. The van der Waals surface area contributed by atoms with Crippen LogP contribution in [0.3, 0.4) is 0 Å². The maximum Gasteiger partial charge on any atom is 0.178 e. The number of aromatic hydroxyl groups is 1. The second kappa shape index (κ2) is 3.88. The zero-order chi connectivity index (χ0) is 13.7.